The van der Waals surface area contributed by atoms with Crippen molar-refractivity contribution in [2.45, 2.75) is 13.0 Å². The lowest BCUT2D eigenvalue weighted by Crippen LogP contribution is -2.39. The standard InChI is InChI=1S/C14H15Cl2FN2O/c15-11-3-12(16)13(17)1-9(11)6-19-5-8-2-14(20)18-4-10(8)7-19/h1,3,8,10H,2,4-7H2,(H,18,20)/t8-,10+/m1/s1. The number of carbonyl (C=O) groups is 1. The van der Waals surface area contributed by atoms with Gasteiger partial charge in [0.05, 0.1) is 5.02 Å². The third-order valence-electron chi connectivity index (χ3n) is 4.14. The monoisotopic (exact) mass is 316 g/mol. The molecule has 0 aromatic heterocycles. The minimum Gasteiger partial charge on any atom is -0.356 e. The summed E-state index contributed by atoms with van der Waals surface area (Å²) in [6.45, 7) is 3.10. The second kappa shape index (κ2) is 5.51. The van der Waals surface area contributed by atoms with E-state index in [1.807, 2.05) is 0 Å². The van der Waals surface area contributed by atoms with Crippen molar-refractivity contribution in [1.29, 1.82) is 0 Å². The maximum atomic E-state index is 13.5. The summed E-state index contributed by atoms with van der Waals surface area (Å²) in [7, 11) is 0. The van der Waals surface area contributed by atoms with Crippen molar-refractivity contribution in [2.75, 3.05) is 19.6 Å². The Morgan fingerprint density at radius 2 is 2.00 bits per heavy atom. The van der Waals surface area contributed by atoms with Crippen LogP contribution >= 0.6 is 23.2 Å². The van der Waals surface area contributed by atoms with Crippen LogP contribution in [0.2, 0.25) is 10.0 Å². The van der Waals surface area contributed by atoms with E-state index in [9.17, 15) is 9.18 Å². The van der Waals surface area contributed by atoms with E-state index < -0.39 is 5.82 Å². The van der Waals surface area contributed by atoms with Crippen LogP contribution in [0.15, 0.2) is 12.1 Å². The number of piperidine rings is 1. The van der Waals surface area contributed by atoms with E-state index in [1.54, 1.807) is 0 Å². The molecule has 6 heteroatoms. The molecule has 1 N–H and O–H groups in total. The highest BCUT2D eigenvalue weighted by Gasteiger charge is 2.37. The number of nitrogens with one attached hydrogen (secondary N) is 1. The summed E-state index contributed by atoms with van der Waals surface area (Å²) in [5.74, 6) is 0.575. The fourth-order valence-electron chi connectivity index (χ4n) is 3.11. The fraction of sp³-hybridized carbons (Fsp3) is 0.500. The third-order valence-corrected chi connectivity index (χ3v) is 4.79. The average molecular weight is 317 g/mol. The number of amides is 1. The van der Waals surface area contributed by atoms with Crippen molar-refractivity contribution in [3.8, 4) is 0 Å². The lowest BCUT2D eigenvalue weighted by atomic mass is 9.89. The molecule has 0 bridgehead atoms. The Bertz CT molecular complexity index is 552. The molecule has 2 heterocycles. The normalized spacial score (nSPS) is 26.4. The van der Waals surface area contributed by atoms with Crippen LogP contribution in [0.25, 0.3) is 0 Å². The summed E-state index contributed by atoms with van der Waals surface area (Å²) >= 11 is 11.8. The van der Waals surface area contributed by atoms with E-state index in [4.69, 9.17) is 23.2 Å². The SMILES string of the molecule is O=C1C[C@@H]2CN(Cc3cc(F)c(Cl)cc3Cl)C[C@@H]2CN1. The van der Waals surface area contributed by atoms with Crippen molar-refractivity contribution < 1.29 is 9.18 Å². The number of nitrogens with zero attached hydrogens (tertiary/aromatic N) is 1. The van der Waals surface area contributed by atoms with Gasteiger partial charge in [0.2, 0.25) is 5.91 Å². The van der Waals surface area contributed by atoms with Gasteiger partial charge in [0.1, 0.15) is 5.82 Å². The van der Waals surface area contributed by atoms with Gasteiger partial charge in [-0.2, -0.15) is 0 Å². The van der Waals surface area contributed by atoms with E-state index in [1.165, 1.54) is 12.1 Å². The zero-order valence-corrected chi connectivity index (χ0v) is 12.3. The van der Waals surface area contributed by atoms with Crippen molar-refractivity contribution in [2.24, 2.45) is 11.8 Å². The summed E-state index contributed by atoms with van der Waals surface area (Å²) in [4.78, 5) is 13.6. The van der Waals surface area contributed by atoms with Crippen LogP contribution in [0.5, 0.6) is 0 Å². The molecule has 3 nitrogen and oxygen atoms in total. The molecule has 108 valence electrons. The first kappa shape index (κ1) is 14.1. The molecule has 2 saturated heterocycles. The molecule has 0 saturated carbocycles. The highest BCUT2D eigenvalue weighted by Crippen LogP contribution is 2.31. The molecule has 3 rings (SSSR count). The van der Waals surface area contributed by atoms with E-state index >= 15 is 0 Å². The maximum absolute atomic E-state index is 13.5. The van der Waals surface area contributed by atoms with Crippen LogP contribution in [0.1, 0.15) is 12.0 Å². The molecular weight excluding hydrogens is 302 g/mol. The van der Waals surface area contributed by atoms with Crippen LogP contribution in [0.3, 0.4) is 0 Å². The predicted octanol–water partition coefficient (Wildman–Crippen LogP) is 2.70. The lowest BCUT2D eigenvalue weighted by Gasteiger charge is -2.23. The first-order valence-corrected chi connectivity index (χ1v) is 7.41. The predicted molar refractivity (Wildman–Crippen MR) is 76.3 cm³/mol. The molecule has 2 aliphatic heterocycles. The van der Waals surface area contributed by atoms with Crippen molar-refractivity contribution >= 4 is 29.1 Å². The number of halogens is 3. The number of likely N-dealkylation sites (tertiary alicyclic amines) is 1. The quantitative estimate of drug-likeness (QED) is 0.851. The van der Waals surface area contributed by atoms with Gasteiger partial charge in [-0.05, 0) is 29.5 Å². The highest BCUT2D eigenvalue weighted by molar-refractivity contribution is 6.35. The molecule has 1 amide bonds. The number of carbonyl (C=O) groups excluding carboxylic acids is 1. The zero-order valence-electron chi connectivity index (χ0n) is 10.8. The zero-order chi connectivity index (χ0) is 14.3. The first-order chi connectivity index (χ1) is 9.52. The highest BCUT2D eigenvalue weighted by atomic mass is 35.5. The molecule has 2 aliphatic rings. The van der Waals surface area contributed by atoms with Crippen molar-refractivity contribution in [3.05, 3.63) is 33.6 Å². The summed E-state index contributed by atoms with van der Waals surface area (Å²) in [5.41, 5.74) is 0.742. The number of hydrogen-bond acceptors (Lipinski definition) is 2. The van der Waals surface area contributed by atoms with Gasteiger partial charge in [0.25, 0.3) is 0 Å². The van der Waals surface area contributed by atoms with E-state index in [0.717, 1.165) is 25.2 Å². The van der Waals surface area contributed by atoms with Gasteiger partial charge in [-0.15, -0.1) is 0 Å². The Morgan fingerprint density at radius 3 is 2.80 bits per heavy atom. The number of hydrogen-bond donors (Lipinski definition) is 1. The lowest BCUT2D eigenvalue weighted by molar-refractivity contribution is -0.124. The van der Waals surface area contributed by atoms with E-state index in [-0.39, 0.29) is 10.9 Å². The van der Waals surface area contributed by atoms with Crippen LogP contribution in [0.4, 0.5) is 4.39 Å². The Kier molecular flexibility index (Phi) is 3.89. The van der Waals surface area contributed by atoms with Crippen molar-refractivity contribution in [1.82, 2.24) is 10.2 Å². The molecule has 0 spiro atoms. The van der Waals surface area contributed by atoms with Gasteiger partial charge < -0.3 is 5.32 Å². The van der Waals surface area contributed by atoms with Crippen molar-refractivity contribution in [3.63, 3.8) is 0 Å². The topological polar surface area (TPSA) is 32.3 Å². The van der Waals surface area contributed by atoms with Crippen LogP contribution in [-0.2, 0) is 11.3 Å². The molecule has 2 fully saturated rings. The second-order valence-electron chi connectivity index (χ2n) is 5.58. The Morgan fingerprint density at radius 1 is 1.25 bits per heavy atom. The van der Waals surface area contributed by atoms with E-state index in [2.05, 4.69) is 10.2 Å². The van der Waals surface area contributed by atoms with Gasteiger partial charge in [0, 0.05) is 37.6 Å². The fourth-order valence-corrected chi connectivity index (χ4v) is 3.55. The van der Waals surface area contributed by atoms with Gasteiger partial charge in [-0.3, -0.25) is 9.69 Å². The third kappa shape index (κ3) is 2.78. The van der Waals surface area contributed by atoms with Gasteiger partial charge in [0.15, 0.2) is 0 Å². The Balaban J connectivity index is 1.70. The molecule has 2 atom stereocenters. The largest absolute Gasteiger partial charge is 0.356 e. The summed E-state index contributed by atoms with van der Waals surface area (Å²) in [6, 6.07) is 2.85. The molecule has 20 heavy (non-hydrogen) atoms. The van der Waals surface area contributed by atoms with Crippen LogP contribution < -0.4 is 5.32 Å². The molecule has 1 aromatic rings. The van der Waals surface area contributed by atoms with E-state index in [0.29, 0.717) is 29.8 Å². The van der Waals surface area contributed by atoms with Crippen LogP contribution in [-0.4, -0.2) is 30.4 Å². The number of fused-ring (bicyclic) bond motifs is 1. The smallest absolute Gasteiger partial charge is 0.220 e. The molecule has 1 aromatic carbocycles. The van der Waals surface area contributed by atoms with Crippen LogP contribution in [0, 0.1) is 17.7 Å². The van der Waals surface area contributed by atoms with Gasteiger partial charge >= 0.3 is 0 Å². The Hall–Kier alpha value is -0.840. The molecule has 0 aliphatic carbocycles. The van der Waals surface area contributed by atoms with Gasteiger partial charge in [-0.1, -0.05) is 23.2 Å². The maximum Gasteiger partial charge on any atom is 0.220 e. The summed E-state index contributed by atoms with van der Waals surface area (Å²) in [5, 5.41) is 3.43. The van der Waals surface area contributed by atoms with Gasteiger partial charge in [-0.25, -0.2) is 4.39 Å². The molecule has 0 unspecified atom stereocenters. The number of benzene rings is 1. The number of rotatable bonds is 2. The molecular formula is C14H15Cl2FN2O. The second-order valence-corrected chi connectivity index (χ2v) is 6.39. The Labute approximate surface area is 127 Å². The first-order valence-electron chi connectivity index (χ1n) is 6.65. The molecule has 0 radical (unpaired) electrons. The average Bonchev–Trinajstić information content (AvgIpc) is 2.77. The summed E-state index contributed by atoms with van der Waals surface area (Å²) in [6.07, 6.45) is 0.587. The minimum absolute atomic E-state index is 0.0450. The summed E-state index contributed by atoms with van der Waals surface area (Å²) < 4.78 is 13.5. The minimum atomic E-state index is -0.445.